The molecule has 28 heavy (non-hydrogen) atoms. The van der Waals surface area contributed by atoms with Crippen molar-refractivity contribution in [1.82, 2.24) is 0 Å². The van der Waals surface area contributed by atoms with Crippen LogP contribution in [-0.4, -0.2) is 45.5 Å². The lowest BCUT2D eigenvalue weighted by atomic mass is 10.1. The third kappa shape index (κ3) is 3.68. The van der Waals surface area contributed by atoms with Gasteiger partial charge in [-0.3, -0.25) is 9.59 Å². The third-order valence-corrected chi connectivity index (χ3v) is 6.42. The summed E-state index contributed by atoms with van der Waals surface area (Å²) in [5.74, 6) is -1.52. The lowest BCUT2D eigenvalue weighted by Gasteiger charge is -2.11. The van der Waals surface area contributed by atoms with Crippen molar-refractivity contribution in [2.45, 2.75) is 18.2 Å². The molecule has 0 saturated carbocycles. The molecule has 1 amide bonds. The maximum absolute atomic E-state index is 12.4. The van der Waals surface area contributed by atoms with E-state index in [0.717, 1.165) is 11.3 Å². The number of benzene rings is 2. The van der Waals surface area contributed by atoms with E-state index in [-0.39, 0.29) is 28.5 Å². The molecule has 0 atom stereocenters. The van der Waals surface area contributed by atoms with Crippen LogP contribution in [0.4, 0.5) is 5.69 Å². The Morgan fingerprint density at radius 1 is 1.14 bits per heavy atom. The van der Waals surface area contributed by atoms with Gasteiger partial charge in [0.05, 0.1) is 22.6 Å². The summed E-state index contributed by atoms with van der Waals surface area (Å²) in [5, 5.41) is 0. The number of rotatable bonds is 6. The molecule has 0 aromatic heterocycles. The standard InChI is InChI=1S/C20H19NO6S/c1-3-28(25,26)18-7-5-4-6-15(18)20(24)27-12-17(22)13-8-9-16-14(10-13)11-19(23)21(16)2/h4-10H,3,11-12H2,1-2H3. The van der Waals surface area contributed by atoms with Crippen LogP contribution in [0.15, 0.2) is 47.4 Å². The van der Waals surface area contributed by atoms with Crippen molar-refractivity contribution in [1.29, 1.82) is 0 Å². The smallest absolute Gasteiger partial charge is 0.339 e. The molecule has 0 N–H and O–H groups in total. The van der Waals surface area contributed by atoms with Crippen LogP contribution in [0.5, 0.6) is 0 Å². The zero-order valence-corrected chi connectivity index (χ0v) is 16.3. The fourth-order valence-corrected chi connectivity index (χ4v) is 4.08. The minimum absolute atomic E-state index is 0.0558. The van der Waals surface area contributed by atoms with E-state index in [2.05, 4.69) is 0 Å². The number of fused-ring (bicyclic) bond motifs is 1. The Bertz CT molecular complexity index is 1070. The first kappa shape index (κ1) is 19.8. The summed E-state index contributed by atoms with van der Waals surface area (Å²) in [6, 6.07) is 10.6. The minimum atomic E-state index is -3.60. The Morgan fingerprint density at radius 3 is 2.57 bits per heavy atom. The molecule has 1 aliphatic rings. The largest absolute Gasteiger partial charge is 0.454 e. The highest BCUT2D eigenvalue weighted by Crippen LogP contribution is 2.28. The van der Waals surface area contributed by atoms with Gasteiger partial charge < -0.3 is 9.64 Å². The van der Waals surface area contributed by atoms with Crippen molar-refractivity contribution in [2.24, 2.45) is 0 Å². The van der Waals surface area contributed by atoms with Crippen molar-refractivity contribution >= 4 is 33.2 Å². The summed E-state index contributed by atoms with van der Waals surface area (Å²) in [7, 11) is -1.94. The van der Waals surface area contributed by atoms with Gasteiger partial charge >= 0.3 is 5.97 Å². The number of amides is 1. The third-order valence-electron chi connectivity index (χ3n) is 4.64. The first-order valence-corrected chi connectivity index (χ1v) is 10.3. The predicted octanol–water partition coefficient (Wildman–Crippen LogP) is 2.04. The zero-order valence-electron chi connectivity index (χ0n) is 15.5. The molecular weight excluding hydrogens is 382 g/mol. The molecule has 8 heteroatoms. The van der Waals surface area contributed by atoms with E-state index in [4.69, 9.17) is 4.74 Å². The summed E-state index contributed by atoms with van der Waals surface area (Å²) in [6.45, 7) is 0.957. The quantitative estimate of drug-likeness (QED) is 0.543. The highest BCUT2D eigenvalue weighted by Gasteiger charge is 2.26. The normalized spacial score (nSPS) is 13.4. The second-order valence-corrected chi connectivity index (χ2v) is 8.62. The summed E-state index contributed by atoms with van der Waals surface area (Å²) >= 11 is 0. The fraction of sp³-hybridized carbons (Fsp3) is 0.250. The number of hydrogen-bond donors (Lipinski definition) is 0. The van der Waals surface area contributed by atoms with Gasteiger partial charge in [-0.05, 0) is 35.9 Å². The van der Waals surface area contributed by atoms with Crippen molar-refractivity contribution in [3.63, 3.8) is 0 Å². The van der Waals surface area contributed by atoms with Crippen LogP contribution in [0.3, 0.4) is 0 Å². The number of esters is 1. The summed E-state index contributed by atoms with van der Waals surface area (Å²) < 4.78 is 29.3. The van der Waals surface area contributed by atoms with Crippen molar-refractivity contribution in [3.05, 3.63) is 59.2 Å². The van der Waals surface area contributed by atoms with Gasteiger partial charge in [-0.1, -0.05) is 19.1 Å². The molecule has 0 spiro atoms. The topological polar surface area (TPSA) is 97.8 Å². The number of carbonyl (C=O) groups excluding carboxylic acids is 3. The lowest BCUT2D eigenvalue weighted by Crippen LogP contribution is -2.20. The van der Waals surface area contributed by atoms with Crippen LogP contribution in [-0.2, 0) is 25.8 Å². The Hall–Kier alpha value is -3.00. The van der Waals surface area contributed by atoms with Crippen LogP contribution in [0.25, 0.3) is 0 Å². The molecule has 1 heterocycles. The number of sulfone groups is 1. The predicted molar refractivity (Wildman–Crippen MR) is 102 cm³/mol. The number of nitrogens with zero attached hydrogens (tertiary/aromatic N) is 1. The monoisotopic (exact) mass is 401 g/mol. The molecule has 1 aliphatic heterocycles. The fourth-order valence-electron chi connectivity index (χ4n) is 3.00. The summed E-state index contributed by atoms with van der Waals surface area (Å²) in [5.41, 5.74) is 1.71. The van der Waals surface area contributed by atoms with Gasteiger partial charge in [0.2, 0.25) is 5.91 Å². The number of likely N-dealkylation sites (N-methyl/N-ethyl adjacent to an activating group) is 1. The van der Waals surface area contributed by atoms with E-state index in [9.17, 15) is 22.8 Å². The van der Waals surface area contributed by atoms with Crippen LogP contribution in [0, 0.1) is 0 Å². The van der Waals surface area contributed by atoms with Crippen molar-refractivity contribution < 1.29 is 27.5 Å². The van der Waals surface area contributed by atoms with Gasteiger partial charge in [-0.2, -0.15) is 0 Å². The molecule has 0 aliphatic carbocycles. The molecule has 0 radical (unpaired) electrons. The number of ether oxygens (including phenoxy) is 1. The highest BCUT2D eigenvalue weighted by molar-refractivity contribution is 7.91. The van der Waals surface area contributed by atoms with Gasteiger partial charge in [-0.15, -0.1) is 0 Å². The van der Waals surface area contributed by atoms with Gasteiger partial charge in [-0.25, -0.2) is 13.2 Å². The minimum Gasteiger partial charge on any atom is -0.454 e. The molecule has 2 aromatic carbocycles. The molecule has 146 valence electrons. The molecule has 0 fully saturated rings. The van der Waals surface area contributed by atoms with Crippen LogP contribution >= 0.6 is 0 Å². The SMILES string of the molecule is CCS(=O)(=O)c1ccccc1C(=O)OCC(=O)c1ccc2c(c1)CC(=O)N2C. The molecule has 0 saturated heterocycles. The van der Waals surface area contributed by atoms with E-state index >= 15 is 0 Å². The zero-order chi connectivity index (χ0) is 20.5. The first-order valence-electron chi connectivity index (χ1n) is 8.66. The van der Waals surface area contributed by atoms with Gasteiger partial charge in [0.15, 0.2) is 22.2 Å². The molecule has 3 rings (SSSR count). The van der Waals surface area contributed by atoms with Crippen molar-refractivity contribution in [2.75, 3.05) is 24.3 Å². The highest BCUT2D eigenvalue weighted by atomic mass is 32.2. The average Bonchev–Trinajstić information content (AvgIpc) is 2.99. The van der Waals surface area contributed by atoms with Gasteiger partial charge in [0.1, 0.15) is 0 Å². The molecular formula is C20H19NO6S. The Balaban J connectivity index is 1.74. The lowest BCUT2D eigenvalue weighted by molar-refractivity contribution is -0.117. The van der Waals surface area contributed by atoms with E-state index in [1.54, 1.807) is 25.2 Å². The van der Waals surface area contributed by atoms with E-state index < -0.39 is 28.2 Å². The molecule has 0 unspecified atom stereocenters. The van der Waals surface area contributed by atoms with Crippen LogP contribution in [0.1, 0.15) is 33.2 Å². The first-order chi connectivity index (χ1) is 13.2. The van der Waals surface area contributed by atoms with Gasteiger partial charge in [0.25, 0.3) is 0 Å². The second-order valence-electron chi connectivity index (χ2n) is 6.37. The number of Topliss-reactive ketones (excluding diaryl/α,β-unsaturated/α-hetero) is 1. The Kier molecular flexibility index (Phi) is 5.33. The average molecular weight is 401 g/mol. The van der Waals surface area contributed by atoms with Crippen LogP contribution in [0.2, 0.25) is 0 Å². The molecule has 7 nitrogen and oxygen atoms in total. The molecule has 2 aromatic rings. The number of anilines is 1. The Labute approximate surface area is 162 Å². The Morgan fingerprint density at radius 2 is 1.86 bits per heavy atom. The molecule has 0 bridgehead atoms. The maximum Gasteiger partial charge on any atom is 0.339 e. The summed E-state index contributed by atoms with van der Waals surface area (Å²) in [4.78, 5) is 37.9. The maximum atomic E-state index is 12.4. The van der Waals surface area contributed by atoms with Crippen molar-refractivity contribution in [3.8, 4) is 0 Å². The van der Waals surface area contributed by atoms with E-state index in [1.807, 2.05) is 0 Å². The van der Waals surface area contributed by atoms with E-state index in [1.165, 1.54) is 36.1 Å². The number of ketones is 1. The number of carbonyl (C=O) groups is 3. The second kappa shape index (κ2) is 7.55. The number of hydrogen-bond acceptors (Lipinski definition) is 6. The van der Waals surface area contributed by atoms with E-state index in [0.29, 0.717) is 5.56 Å². The summed E-state index contributed by atoms with van der Waals surface area (Å²) in [6.07, 6.45) is 0.217. The van der Waals surface area contributed by atoms with Gasteiger partial charge in [0, 0.05) is 18.3 Å². The van der Waals surface area contributed by atoms with Crippen LogP contribution < -0.4 is 4.90 Å².